The van der Waals surface area contributed by atoms with Gasteiger partial charge < -0.3 is 10.1 Å². The summed E-state index contributed by atoms with van der Waals surface area (Å²) in [6, 6.07) is 7.63. The summed E-state index contributed by atoms with van der Waals surface area (Å²) in [4.78, 5) is 23.2. The fourth-order valence-electron chi connectivity index (χ4n) is 2.38. The van der Waals surface area contributed by atoms with Crippen molar-refractivity contribution < 1.29 is 14.3 Å². The van der Waals surface area contributed by atoms with Gasteiger partial charge in [0.1, 0.15) is 11.5 Å². The van der Waals surface area contributed by atoms with Crippen LogP contribution in [0.2, 0.25) is 0 Å². The normalized spacial score (nSPS) is 16.2. The molecule has 0 unspecified atom stereocenters. The first-order chi connectivity index (χ1) is 9.20. The average molecular weight is 261 g/mol. The number of ketones is 1. The summed E-state index contributed by atoms with van der Waals surface area (Å²) in [6.45, 7) is 0.466. The topological polar surface area (TPSA) is 55.4 Å². The molecule has 19 heavy (non-hydrogen) atoms. The third-order valence-corrected chi connectivity index (χ3v) is 3.56. The molecule has 1 aromatic carbocycles. The molecule has 4 heteroatoms. The third kappa shape index (κ3) is 3.56. The Bertz CT molecular complexity index is 460. The summed E-state index contributed by atoms with van der Waals surface area (Å²) < 4.78 is 5.24. The molecular formula is C15H19NO3. The quantitative estimate of drug-likeness (QED) is 0.902. The van der Waals surface area contributed by atoms with E-state index < -0.39 is 0 Å². The number of para-hydroxylation sites is 1. The van der Waals surface area contributed by atoms with Gasteiger partial charge in [-0.05, 0) is 18.9 Å². The lowest BCUT2D eigenvalue weighted by atomic mass is 9.88. The van der Waals surface area contributed by atoms with Crippen molar-refractivity contribution in [1.29, 1.82) is 0 Å². The Hall–Kier alpha value is -1.84. The largest absolute Gasteiger partial charge is 0.496 e. The highest BCUT2D eigenvalue weighted by Crippen LogP contribution is 2.22. The van der Waals surface area contributed by atoms with Crippen molar-refractivity contribution in [3.05, 3.63) is 29.8 Å². The minimum absolute atomic E-state index is 0.0209. The van der Waals surface area contributed by atoms with Gasteiger partial charge in [0, 0.05) is 30.9 Å². The van der Waals surface area contributed by atoms with Crippen LogP contribution in [-0.4, -0.2) is 18.8 Å². The molecule has 1 amide bonds. The number of Topliss-reactive ketones (excluding diaryl/α,β-unsaturated/α-hetero) is 1. The second-order valence-electron chi connectivity index (χ2n) is 4.84. The van der Waals surface area contributed by atoms with Crippen molar-refractivity contribution in [3.63, 3.8) is 0 Å². The van der Waals surface area contributed by atoms with Crippen LogP contribution in [0.15, 0.2) is 24.3 Å². The predicted molar refractivity (Wildman–Crippen MR) is 71.8 cm³/mol. The Balaban J connectivity index is 1.88. The van der Waals surface area contributed by atoms with E-state index in [2.05, 4.69) is 5.32 Å². The molecule has 1 saturated carbocycles. The zero-order chi connectivity index (χ0) is 13.7. The van der Waals surface area contributed by atoms with Crippen molar-refractivity contribution in [2.75, 3.05) is 7.11 Å². The lowest BCUT2D eigenvalue weighted by Crippen LogP contribution is -2.32. The van der Waals surface area contributed by atoms with Crippen molar-refractivity contribution in [1.82, 2.24) is 5.32 Å². The molecule has 0 aliphatic heterocycles. The summed E-state index contributed by atoms with van der Waals surface area (Å²) in [7, 11) is 1.62. The van der Waals surface area contributed by atoms with Crippen LogP contribution in [0.3, 0.4) is 0 Å². The Morgan fingerprint density at radius 2 is 2.00 bits per heavy atom. The molecule has 0 radical (unpaired) electrons. The van der Waals surface area contributed by atoms with E-state index in [1.165, 1.54) is 0 Å². The fraction of sp³-hybridized carbons (Fsp3) is 0.467. The van der Waals surface area contributed by atoms with Gasteiger partial charge >= 0.3 is 0 Å². The maximum absolute atomic E-state index is 12.0. The maximum Gasteiger partial charge on any atom is 0.223 e. The molecule has 2 rings (SSSR count). The standard InChI is InChI=1S/C15H19NO3/c1-19-14-5-3-2-4-12(14)10-16-15(18)11-6-8-13(17)9-7-11/h2-5,11H,6-10H2,1H3,(H,16,18). The third-order valence-electron chi connectivity index (χ3n) is 3.56. The van der Waals surface area contributed by atoms with Crippen molar-refractivity contribution in [3.8, 4) is 5.75 Å². The Morgan fingerprint density at radius 3 is 2.68 bits per heavy atom. The van der Waals surface area contributed by atoms with E-state index in [1.807, 2.05) is 24.3 Å². The highest BCUT2D eigenvalue weighted by atomic mass is 16.5. The first-order valence-corrected chi connectivity index (χ1v) is 6.62. The smallest absolute Gasteiger partial charge is 0.223 e. The Kier molecular flexibility index (Phi) is 4.55. The number of hydrogen-bond acceptors (Lipinski definition) is 3. The van der Waals surface area contributed by atoms with E-state index in [9.17, 15) is 9.59 Å². The van der Waals surface area contributed by atoms with Crippen LogP contribution in [0.25, 0.3) is 0 Å². The number of methoxy groups -OCH3 is 1. The molecule has 1 aromatic rings. The fourth-order valence-corrected chi connectivity index (χ4v) is 2.38. The zero-order valence-corrected chi connectivity index (χ0v) is 11.1. The summed E-state index contributed by atoms with van der Waals surface area (Å²) in [5, 5.41) is 2.93. The van der Waals surface area contributed by atoms with Crippen molar-refractivity contribution in [2.24, 2.45) is 5.92 Å². The summed E-state index contributed by atoms with van der Waals surface area (Å²) in [5.41, 5.74) is 0.963. The van der Waals surface area contributed by atoms with Crippen molar-refractivity contribution >= 4 is 11.7 Å². The minimum atomic E-state index is -0.0209. The minimum Gasteiger partial charge on any atom is -0.496 e. The van der Waals surface area contributed by atoms with E-state index in [0.717, 1.165) is 11.3 Å². The molecule has 0 aromatic heterocycles. The van der Waals surface area contributed by atoms with E-state index in [1.54, 1.807) is 7.11 Å². The van der Waals surface area contributed by atoms with E-state index in [-0.39, 0.29) is 17.6 Å². The zero-order valence-electron chi connectivity index (χ0n) is 11.1. The molecule has 0 saturated heterocycles. The molecule has 1 aliphatic rings. The second-order valence-corrected chi connectivity index (χ2v) is 4.84. The van der Waals surface area contributed by atoms with Crippen molar-refractivity contribution in [2.45, 2.75) is 32.2 Å². The van der Waals surface area contributed by atoms with Crippen LogP contribution in [0.4, 0.5) is 0 Å². The number of rotatable bonds is 4. The van der Waals surface area contributed by atoms with Crippen LogP contribution >= 0.6 is 0 Å². The SMILES string of the molecule is COc1ccccc1CNC(=O)C1CCC(=O)CC1. The molecule has 0 atom stereocenters. The van der Waals surface area contributed by atoms with Gasteiger partial charge in [-0.1, -0.05) is 18.2 Å². The Labute approximate surface area is 113 Å². The number of carbonyl (C=O) groups is 2. The second kappa shape index (κ2) is 6.36. The predicted octanol–water partition coefficient (Wildman–Crippen LogP) is 2.07. The van der Waals surface area contributed by atoms with Gasteiger partial charge in [-0.3, -0.25) is 9.59 Å². The number of nitrogens with one attached hydrogen (secondary N) is 1. The molecule has 1 fully saturated rings. The number of carbonyl (C=O) groups excluding carboxylic acids is 2. The number of amides is 1. The first kappa shape index (κ1) is 13.6. The molecule has 1 aliphatic carbocycles. The highest BCUT2D eigenvalue weighted by molar-refractivity contribution is 5.84. The Morgan fingerprint density at radius 1 is 1.32 bits per heavy atom. The van der Waals surface area contributed by atoms with Crippen LogP contribution in [0.5, 0.6) is 5.75 Å². The molecule has 0 heterocycles. The van der Waals surface area contributed by atoms with Gasteiger partial charge in [-0.25, -0.2) is 0 Å². The number of hydrogen-bond donors (Lipinski definition) is 1. The molecule has 0 bridgehead atoms. The van der Waals surface area contributed by atoms with E-state index >= 15 is 0 Å². The summed E-state index contributed by atoms with van der Waals surface area (Å²) in [6.07, 6.45) is 2.42. The number of ether oxygens (including phenoxy) is 1. The molecular weight excluding hydrogens is 242 g/mol. The van der Waals surface area contributed by atoms with Gasteiger partial charge in [-0.2, -0.15) is 0 Å². The molecule has 1 N–H and O–H groups in total. The van der Waals surface area contributed by atoms with E-state index in [0.29, 0.717) is 32.2 Å². The first-order valence-electron chi connectivity index (χ1n) is 6.62. The van der Waals surface area contributed by atoms with Crippen LogP contribution in [0.1, 0.15) is 31.2 Å². The van der Waals surface area contributed by atoms with Gasteiger partial charge in [0.25, 0.3) is 0 Å². The summed E-state index contributed by atoms with van der Waals surface area (Å²) >= 11 is 0. The van der Waals surface area contributed by atoms with Crippen LogP contribution < -0.4 is 10.1 Å². The molecule has 4 nitrogen and oxygen atoms in total. The average Bonchev–Trinajstić information content (AvgIpc) is 2.45. The molecule has 0 spiro atoms. The van der Waals surface area contributed by atoms with E-state index in [4.69, 9.17) is 4.74 Å². The van der Waals surface area contributed by atoms with Gasteiger partial charge in [0.15, 0.2) is 0 Å². The highest BCUT2D eigenvalue weighted by Gasteiger charge is 2.24. The summed E-state index contributed by atoms with van der Waals surface area (Å²) in [5.74, 6) is 1.07. The van der Waals surface area contributed by atoms with Crippen LogP contribution in [-0.2, 0) is 16.1 Å². The van der Waals surface area contributed by atoms with Gasteiger partial charge in [0.2, 0.25) is 5.91 Å². The lowest BCUT2D eigenvalue weighted by molar-refractivity contribution is -0.128. The lowest BCUT2D eigenvalue weighted by Gasteiger charge is -2.20. The maximum atomic E-state index is 12.0. The number of benzene rings is 1. The monoisotopic (exact) mass is 261 g/mol. The van der Waals surface area contributed by atoms with Gasteiger partial charge in [-0.15, -0.1) is 0 Å². The van der Waals surface area contributed by atoms with Gasteiger partial charge in [0.05, 0.1) is 7.11 Å². The molecule has 102 valence electrons. The van der Waals surface area contributed by atoms with Crippen LogP contribution in [0, 0.1) is 5.92 Å².